The number of carbonyl (C=O) groups is 3. The molecule has 4 aromatic rings. The van der Waals surface area contributed by atoms with Gasteiger partial charge in [0.1, 0.15) is 11.4 Å². The molecule has 8 nitrogen and oxygen atoms in total. The predicted molar refractivity (Wildman–Crippen MR) is 171 cm³/mol. The number of imidazole rings is 1. The molecular weight excluding hydrogens is 550 g/mol. The summed E-state index contributed by atoms with van der Waals surface area (Å²) in [6.45, 7) is 6.92. The first kappa shape index (κ1) is 29.2. The first-order valence-corrected chi connectivity index (χ1v) is 15.3. The number of nitrogens with zero attached hydrogens (tertiary/aromatic N) is 3. The quantitative estimate of drug-likeness (QED) is 0.268. The van der Waals surface area contributed by atoms with Gasteiger partial charge in [-0.3, -0.25) is 14.4 Å². The maximum absolute atomic E-state index is 13.2. The molecule has 0 radical (unpaired) electrons. The number of H-pyrrole nitrogens is 1. The molecule has 6 rings (SSSR count). The molecule has 2 aliphatic rings. The van der Waals surface area contributed by atoms with E-state index in [-0.39, 0.29) is 29.7 Å². The lowest BCUT2D eigenvalue weighted by molar-refractivity contribution is -0.137. The largest absolute Gasteiger partial charge is 0.340 e. The summed E-state index contributed by atoms with van der Waals surface area (Å²) in [6, 6.07) is 22.9. The van der Waals surface area contributed by atoms with Gasteiger partial charge in [0.15, 0.2) is 0 Å². The Balaban J connectivity index is 1.12. The molecule has 1 aliphatic heterocycles. The Morgan fingerprint density at radius 2 is 1.80 bits per heavy atom. The van der Waals surface area contributed by atoms with E-state index < -0.39 is 5.54 Å². The minimum absolute atomic E-state index is 0.0442. The zero-order valence-corrected chi connectivity index (χ0v) is 25.4. The molecule has 0 spiro atoms. The van der Waals surface area contributed by atoms with Gasteiger partial charge in [-0.15, -0.1) is 0 Å². The number of hydrogen-bond donors (Lipinski definition) is 2. The van der Waals surface area contributed by atoms with E-state index in [1.807, 2.05) is 84.6 Å². The Hall–Kier alpha value is -4.90. The molecule has 2 unspecified atom stereocenters. The van der Waals surface area contributed by atoms with Gasteiger partial charge in [-0.2, -0.15) is 0 Å². The van der Waals surface area contributed by atoms with Crippen LogP contribution in [-0.4, -0.2) is 56.1 Å². The first-order valence-electron chi connectivity index (χ1n) is 15.3. The van der Waals surface area contributed by atoms with Crippen molar-refractivity contribution < 1.29 is 14.4 Å². The average molecular weight is 588 g/mol. The van der Waals surface area contributed by atoms with E-state index in [0.29, 0.717) is 25.2 Å². The van der Waals surface area contributed by atoms with Gasteiger partial charge >= 0.3 is 0 Å². The lowest BCUT2D eigenvalue weighted by Crippen LogP contribution is -2.47. The smallest absolute Gasteiger partial charge is 0.250 e. The third-order valence-corrected chi connectivity index (χ3v) is 8.87. The lowest BCUT2D eigenvalue weighted by atomic mass is 10.1. The average Bonchev–Trinajstić information content (AvgIpc) is 3.39. The van der Waals surface area contributed by atoms with E-state index in [2.05, 4.69) is 29.1 Å². The van der Waals surface area contributed by atoms with E-state index in [4.69, 9.17) is 4.98 Å². The van der Waals surface area contributed by atoms with E-state index in [9.17, 15) is 14.4 Å². The molecule has 8 heteroatoms. The number of aromatic nitrogens is 2. The van der Waals surface area contributed by atoms with Gasteiger partial charge in [0, 0.05) is 36.8 Å². The second-order valence-corrected chi connectivity index (χ2v) is 11.8. The summed E-state index contributed by atoms with van der Waals surface area (Å²) in [5.74, 6) is 7.37. The van der Waals surface area contributed by atoms with Gasteiger partial charge in [-0.05, 0) is 80.1 Å². The number of nitrogens with one attached hydrogen (secondary N) is 2. The van der Waals surface area contributed by atoms with Gasteiger partial charge in [0.25, 0.3) is 5.91 Å². The van der Waals surface area contributed by atoms with Crippen molar-refractivity contribution >= 4 is 34.4 Å². The van der Waals surface area contributed by atoms with Crippen molar-refractivity contribution in [1.82, 2.24) is 19.8 Å². The molecule has 224 valence electrons. The number of hydrogen-bond acceptors (Lipinski definition) is 4. The van der Waals surface area contributed by atoms with Crippen molar-refractivity contribution in [2.24, 2.45) is 5.92 Å². The highest BCUT2D eigenvalue weighted by Crippen LogP contribution is 2.56. The summed E-state index contributed by atoms with van der Waals surface area (Å²) >= 11 is 0. The number of fused-ring (bicyclic) bond motifs is 2. The fraction of sp³-hybridized carbons (Fsp3) is 0.333. The van der Waals surface area contributed by atoms with Gasteiger partial charge < -0.3 is 20.1 Å². The Kier molecular flexibility index (Phi) is 7.96. The molecule has 3 atom stereocenters. The van der Waals surface area contributed by atoms with Crippen LogP contribution in [-0.2, 0) is 20.8 Å². The van der Waals surface area contributed by atoms with Crippen LogP contribution in [0.3, 0.4) is 0 Å². The van der Waals surface area contributed by atoms with Crippen molar-refractivity contribution in [2.75, 3.05) is 18.4 Å². The van der Waals surface area contributed by atoms with E-state index in [1.54, 1.807) is 4.90 Å². The van der Waals surface area contributed by atoms with Gasteiger partial charge in [-0.1, -0.05) is 49.1 Å². The second-order valence-electron chi connectivity index (χ2n) is 11.8. The van der Waals surface area contributed by atoms with E-state index in [1.165, 1.54) is 6.92 Å². The van der Waals surface area contributed by atoms with Crippen molar-refractivity contribution in [1.29, 1.82) is 0 Å². The maximum Gasteiger partial charge on any atom is 0.250 e. The van der Waals surface area contributed by atoms with E-state index in [0.717, 1.165) is 52.8 Å². The van der Waals surface area contributed by atoms with Gasteiger partial charge in [0.05, 0.1) is 23.5 Å². The highest BCUT2D eigenvalue weighted by molar-refractivity contribution is 6.03. The van der Waals surface area contributed by atoms with Crippen LogP contribution in [0.1, 0.15) is 68.6 Å². The highest BCUT2D eigenvalue weighted by Gasteiger charge is 2.67. The second kappa shape index (κ2) is 12.0. The third kappa shape index (κ3) is 5.70. The van der Waals surface area contributed by atoms with Gasteiger partial charge in [-0.25, -0.2) is 4.98 Å². The summed E-state index contributed by atoms with van der Waals surface area (Å²) in [5, 5.41) is 3.00. The minimum atomic E-state index is -0.667. The number of likely N-dealkylation sites (tertiary alicyclic amines) is 1. The number of piperidine rings is 1. The van der Waals surface area contributed by atoms with Crippen molar-refractivity contribution in [3.63, 3.8) is 0 Å². The molecule has 44 heavy (non-hydrogen) atoms. The molecule has 0 bridgehead atoms. The van der Waals surface area contributed by atoms with Crippen LogP contribution in [0.15, 0.2) is 72.8 Å². The van der Waals surface area contributed by atoms with E-state index >= 15 is 0 Å². The Bertz CT molecular complexity index is 1770. The fourth-order valence-corrected chi connectivity index (χ4v) is 6.43. The monoisotopic (exact) mass is 587 g/mol. The molecule has 2 fully saturated rings. The molecule has 3 amide bonds. The predicted octanol–water partition coefficient (Wildman–Crippen LogP) is 5.45. The van der Waals surface area contributed by atoms with Crippen LogP contribution in [0.5, 0.6) is 0 Å². The molecular formula is C36H37N5O3. The molecule has 1 saturated carbocycles. The summed E-state index contributed by atoms with van der Waals surface area (Å²) < 4.78 is 0. The normalized spacial score (nSPS) is 19.1. The number of anilines is 1. The van der Waals surface area contributed by atoms with Crippen molar-refractivity contribution in [3.05, 3.63) is 95.3 Å². The van der Waals surface area contributed by atoms with Crippen LogP contribution in [0, 0.1) is 17.8 Å². The molecule has 2 N–H and O–H groups in total. The van der Waals surface area contributed by atoms with Crippen LogP contribution in [0.25, 0.3) is 11.0 Å². The molecule has 3 aromatic carbocycles. The zero-order valence-electron chi connectivity index (χ0n) is 25.4. The number of rotatable bonds is 8. The zero-order chi connectivity index (χ0) is 30.8. The number of amides is 3. The summed E-state index contributed by atoms with van der Waals surface area (Å²) in [4.78, 5) is 50.1. The van der Waals surface area contributed by atoms with Crippen LogP contribution in [0.4, 0.5) is 5.69 Å². The number of benzene rings is 3. The fourth-order valence-electron chi connectivity index (χ4n) is 6.43. The van der Waals surface area contributed by atoms with Crippen LogP contribution in [0.2, 0.25) is 0 Å². The maximum atomic E-state index is 13.2. The topological polar surface area (TPSA) is 98.4 Å². The Labute approximate surface area is 257 Å². The standard InChI is InChI=1S/C36H37N5O3/c1-4-19-40(33(43)22-27-8-6-5-7-9-27)24(2)34-38-31-17-14-28(21-32(31)39-34)11-10-26-12-15-30(16-13-26)37-35(44)36-23-29(36)18-20-41(36)25(3)42/h5-9,12-17,21,24,29H,4,18-20,22-23H2,1-3H3,(H,37,44)(H,38,39)/t24-,29?,36?/m0/s1. The van der Waals surface area contributed by atoms with Crippen LogP contribution < -0.4 is 5.32 Å². The Morgan fingerprint density at radius 3 is 2.50 bits per heavy atom. The number of aromatic amines is 1. The molecule has 1 aliphatic carbocycles. The van der Waals surface area contributed by atoms with Crippen molar-refractivity contribution in [3.8, 4) is 11.8 Å². The highest BCUT2D eigenvalue weighted by atomic mass is 16.2. The molecule has 1 saturated heterocycles. The summed E-state index contributed by atoms with van der Waals surface area (Å²) in [5.41, 5.74) is 4.38. The SMILES string of the molecule is CCCN(C(=O)Cc1ccccc1)[C@@H](C)c1nc2ccc(C#Cc3ccc(NC(=O)C45CC4CCN5C(C)=O)cc3)cc2[nH]1. The lowest BCUT2D eigenvalue weighted by Gasteiger charge is -2.28. The summed E-state index contributed by atoms with van der Waals surface area (Å²) in [7, 11) is 0. The minimum Gasteiger partial charge on any atom is -0.340 e. The van der Waals surface area contributed by atoms with Gasteiger partial charge in [0.2, 0.25) is 11.8 Å². The summed E-state index contributed by atoms with van der Waals surface area (Å²) in [6.07, 6.45) is 2.85. The third-order valence-electron chi connectivity index (χ3n) is 8.87. The molecule has 1 aromatic heterocycles. The Morgan fingerprint density at radius 1 is 1.07 bits per heavy atom. The number of carbonyl (C=O) groups excluding carboxylic acids is 3. The molecule has 2 heterocycles. The van der Waals surface area contributed by atoms with Crippen LogP contribution >= 0.6 is 0 Å². The first-order chi connectivity index (χ1) is 21.3. The van der Waals surface area contributed by atoms with Crippen molar-refractivity contribution in [2.45, 2.75) is 58.0 Å².